The van der Waals surface area contributed by atoms with E-state index in [1.165, 1.54) is 0 Å². The summed E-state index contributed by atoms with van der Waals surface area (Å²) in [5, 5.41) is 11.7. The summed E-state index contributed by atoms with van der Waals surface area (Å²) in [4.78, 5) is 21.7. The van der Waals surface area contributed by atoms with Crippen molar-refractivity contribution in [1.82, 2.24) is 35.1 Å². The van der Waals surface area contributed by atoms with Crippen LogP contribution in [-0.2, 0) is 0 Å². The molecule has 30 heavy (non-hydrogen) atoms. The van der Waals surface area contributed by atoms with E-state index in [2.05, 4.69) is 48.9 Å². The molecule has 0 fully saturated rings. The summed E-state index contributed by atoms with van der Waals surface area (Å²) in [6.45, 7) is 2.05. The molecule has 6 aromatic heterocycles. The average Bonchev–Trinajstić information content (AvgIpc) is 3.51. The van der Waals surface area contributed by atoms with E-state index in [1.807, 2.05) is 30.6 Å². The number of nitrogens with one attached hydrogen (secondary N) is 2. The van der Waals surface area contributed by atoms with Gasteiger partial charge in [0.25, 0.3) is 0 Å². The van der Waals surface area contributed by atoms with Crippen molar-refractivity contribution in [3.05, 3.63) is 65.4 Å². The molecule has 2 N–H and O–H groups in total. The SMILES string of the molecule is Cc1ccncc1-c1ccc2[nH]nc(-c3nc4c(-c5ccsc5)cncc4[nH]3)c2n1. The van der Waals surface area contributed by atoms with Gasteiger partial charge in [0.2, 0.25) is 0 Å². The summed E-state index contributed by atoms with van der Waals surface area (Å²) < 4.78 is 0. The molecular weight excluding hydrogens is 394 g/mol. The lowest BCUT2D eigenvalue weighted by atomic mass is 10.1. The molecule has 0 aliphatic carbocycles. The molecule has 0 unspecified atom stereocenters. The summed E-state index contributed by atoms with van der Waals surface area (Å²) in [5.41, 5.74) is 9.11. The fourth-order valence-electron chi connectivity index (χ4n) is 3.62. The summed E-state index contributed by atoms with van der Waals surface area (Å²) in [7, 11) is 0. The third-order valence-electron chi connectivity index (χ3n) is 5.17. The van der Waals surface area contributed by atoms with Gasteiger partial charge in [-0.1, -0.05) is 0 Å². The normalized spacial score (nSPS) is 11.5. The first-order valence-electron chi connectivity index (χ1n) is 9.41. The number of nitrogens with zero attached hydrogens (tertiary/aromatic N) is 5. The number of hydrogen-bond acceptors (Lipinski definition) is 6. The summed E-state index contributed by atoms with van der Waals surface area (Å²) >= 11 is 1.65. The van der Waals surface area contributed by atoms with Gasteiger partial charge in [-0.15, -0.1) is 0 Å². The van der Waals surface area contributed by atoms with E-state index in [0.717, 1.165) is 50.0 Å². The van der Waals surface area contributed by atoms with Crippen LogP contribution in [0.4, 0.5) is 0 Å². The van der Waals surface area contributed by atoms with Crippen LogP contribution in [0, 0.1) is 6.92 Å². The summed E-state index contributed by atoms with van der Waals surface area (Å²) in [5.74, 6) is 0.660. The molecule has 0 bridgehead atoms. The van der Waals surface area contributed by atoms with E-state index in [-0.39, 0.29) is 0 Å². The van der Waals surface area contributed by atoms with E-state index in [9.17, 15) is 0 Å². The fraction of sp³-hybridized carbons (Fsp3) is 0.0455. The number of thiophene rings is 1. The maximum Gasteiger partial charge on any atom is 0.161 e. The van der Waals surface area contributed by atoms with E-state index in [0.29, 0.717) is 11.5 Å². The molecule has 8 heteroatoms. The Morgan fingerprint density at radius 1 is 0.867 bits per heavy atom. The number of pyridine rings is 3. The predicted molar refractivity (Wildman–Crippen MR) is 118 cm³/mol. The van der Waals surface area contributed by atoms with Gasteiger partial charge in [-0.25, -0.2) is 9.97 Å². The van der Waals surface area contributed by atoms with Gasteiger partial charge < -0.3 is 4.98 Å². The Balaban J connectivity index is 1.53. The number of aromatic nitrogens is 7. The third-order valence-corrected chi connectivity index (χ3v) is 5.86. The Labute approximate surface area is 174 Å². The second kappa shape index (κ2) is 6.57. The minimum Gasteiger partial charge on any atom is -0.335 e. The van der Waals surface area contributed by atoms with Crippen LogP contribution in [0.3, 0.4) is 0 Å². The van der Waals surface area contributed by atoms with E-state index in [1.54, 1.807) is 23.7 Å². The van der Waals surface area contributed by atoms with E-state index < -0.39 is 0 Å². The van der Waals surface area contributed by atoms with Crippen molar-refractivity contribution in [2.45, 2.75) is 6.92 Å². The second-order valence-electron chi connectivity index (χ2n) is 7.04. The molecule has 0 atom stereocenters. The van der Waals surface area contributed by atoms with Crippen molar-refractivity contribution in [2.75, 3.05) is 0 Å². The van der Waals surface area contributed by atoms with Crippen molar-refractivity contribution in [2.24, 2.45) is 0 Å². The van der Waals surface area contributed by atoms with Crippen molar-refractivity contribution in [3.8, 4) is 33.9 Å². The Morgan fingerprint density at radius 2 is 1.80 bits per heavy atom. The van der Waals surface area contributed by atoms with Gasteiger partial charge in [0.1, 0.15) is 11.0 Å². The maximum absolute atomic E-state index is 4.88. The van der Waals surface area contributed by atoms with E-state index >= 15 is 0 Å². The number of imidazole rings is 1. The molecule has 6 aromatic rings. The summed E-state index contributed by atoms with van der Waals surface area (Å²) in [6, 6.07) is 8.02. The van der Waals surface area contributed by atoms with Crippen LogP contribution < -0.4 is 0 Å². The number of rotatable bonds is 3. The molecule has 7 nitrogen and oxygen atoms in total. The van der Waals surface area contributed by atoms with Crippen LogP contribution >= 0.6 is 11.3 Å². The third kappa shape index (κ3) is 2.61. The molecule has 0 radical (unpaired) electrons. The minimum atomic E-state index is 0.660. The van der Waals surface area contributed by atoms with E-state index in [4.69, 9.17) is 9.97 Å². The van der Waals surface area contributed by atoms with Gasteiger partial charge in [-0.3, -0.25) is 15.1 Å². The molecule has 6 heterocycles. The standard InChI is InChI=1S/C22H15N7S/c1-12-4-6-23-8-14(12)16-2-3-17-20(25-16)21(29-28-17)22-26-18-10-24-9-15(19(18)27-22)13-5-7-30-11-13/h2-11H,1H3,(H,26,27)(H,28,29). The first kappa shape index (κ1) is 17.0. The topological polar surface area (TPSA) is 96.0 Å². The van der Waals surface area contributed by atoms with Crippen LogP contribution in [0.1, 0.15) is 5.56 Å². The number of H-pyrrole nitrogens is 2. The molecule has 0 saturated heterocycles. The highest BCUT2D eigenvalue weighted by atomic mass is 32.1. The molecule has 0 saturated carbocycles. The first-order chi connectivity index (χ1) is 14.8. The quantitative estimate of drug-likeness (QED) is 0.429. The zero-order valence-corrected chi connectivity index (χ0v) is 16.7. The maximum atomic E-state index is 4.88. The Hall–Kier alpha value is -3.91. The molecule has 144 valence electrons. The lowest BCUT2D eigenvalue weighted by molar-refractivity contribution is 1.10. The van der Waals surface area contributed by atoms with Gasteiger partial charge >= 0.3 is 0 Å². The number of fused-ring (bicyclic) bond motifs is 2. The Bertz CT molecular complexity index is 1510. The Morgan fingerprint density at radius 3 is 2.67 bits per heavy atom. The molecule has 0 aromatic carbocycles. The largest absolute Gasteiger partial charge is 0.335 e. The smallest absolute Gasteiger partial charge is 0.161 e. The Kier molecular flexibility index (Phi) is 3.72. The van der Waals surface area contributed by atoms with Gasteiger partial charge in [-0.2, -0.15) is 16.4 Å². The molecule has 0 aliphatic rings. The fourth-order valence-corrected chi connectivity index (χ4v) is 4.28. The van der Waals surface area contributed by atoms with Crippen molar-refractivity contribution in [1.29, 1.82) is 0 Å². The zero-order chi connectivity index (χ0) is 20.1. The van der Waals surface area contributed by atoms with Crippen LogP contribution in [0.15, 0.2) is 59.8 Å². The van der Waals surface area contributed by atoms with Crippen molar-refractivity contribution in [3.63, 3.8) is 0 Å². The lowest BCUT2D eigenvalue weighted by Gasteiger charge is -2.04. The van der Waals surface area contributed by atoms with Crippen LogP contribution in [0.25, 0.3) is 56.0 Å². The molecular formula is C22H15N7S. The van der Waals surface area contributed by atoms with Crippen molar-refractivity contribution < 1.29 is 0 Å². The summed E-state index contributed by atoms with van der Waals surface area (Å²) in [6.07, 6.45) is 7.25. The predicted octanol–water partition coefficient (Wildman–Crippen LogP) is 5.00. The first-order valence-corrected chi connectivity index (χ1v) is 10.3. The highest BCUT2D eigenvalue weighted by molar-refractivity contribution is 7.08. The average molecular weight is 409 g/mol. The van der Waals surface area contributed by atoms with Gasteiger partial charge in [0, 0.05) is 29.7 Å². The zero-order valence-electron chi connectivity index (χ0n) is 15.9. The molecule has 0 amide bonds. The lowest BCUT2D eigenvalue weighted by Crippen LogP contribution is -1.90. The number of aromatic amines is 2. The highest BCUT2D eigenvalue weighted by Crippen LogP contribution is 2.32. The number of hydrogen-bond donors (Lipinski definition) is 2. The highest BCUT2D eigenvalue weighted by Gasteiger charge is 2.17. The van der Waals surface area contributed by atoms with Crippen molar-refractivity contribution >= 4 is 33.4 Å². The minimum absolute atomic E-state index is 0.660. The van der Waals surface area contributed by atoms with Crippen LogP contribution in [-0.4, -0.2) is 35.1 Å². The van der Waals surface area contributed by atoms with Gasteiger partial charge in [0.15, 0.2) is 11.5 Å². The second-order valence-corrected chi connectivity index (χ2v) is 7.82. The monoisotopic (exact) mass is 409 g/mol. The van der Waals surface area contributed by atoms with Crippen LogP contribution in [0.2, 0.25) is 0 Å². The number of aryl methyl sites for hydroxylation is 1. The molecule has 0 aliphatic heterocycles. The van der Waals surface area contributed by atoms with Gasteiger partial charge in [0.05, 0.1) is 22.9 Å². The van der Waals surface area contributed by atoms with Gasteiger partial charge in [-0.05, 0) is 53.1 Å². The molecule has 0 spiro atoms. The van der Waals surface area contributed by atoms with Crippen LogP contribution in [0.5, 0.6) is 0 Å². The molecule has 6 rings (SSSR count).